The number of carbonyl (C=O) groups excluding carboxylic acids is 1. The summed E-state index contributed by atoms with van der Waals surface area (Å²) in [6.07, 6.45) is 3.63. The summed E-state index contributed by atoms with van der Waals surface area (Å²) in [6, 6.07) is 11.6. The Labute approximate surface area is 164 Å². The lowest BCUT2D eigenvalue weighted by Gasteiger charge is -2.22. The van der Waals surface area contributed by atoms with Crippen molar-refractivity contribution in [2.75, 3.05) is 18.4 Å². The van der Waals surface area contributed by atoms with E-state index in [4.69, 9.17) is 11.6 Å². The van der Waals surface area contributed by atoms with E-state index in [1.165, 1.54) is 12.1 Å². The summed E-state index contributed by atoms with van der Waals surface area (Å²) in [7, 11) is 0. The zero-order chi connectivity index (χ0) is 17.6. The highest BCUT2D eigenvalue weighted by molar-refractivity contribution is 6.30. The second-order valence-electron chi connectivity index (χ2n) is 6.48. The molecule has 1 saturated heterocycles. The SMILES string of the molecule is Cl.O=C(CCC1CCNCC1)Nc1ccc(F)cc1-c1ccc(Cl)cc1. The van der Waals surface area contributed by atoms with E-state index in [1.807, 2.05) is 12.1 Å². The number of hydrogen-bond donors (Lipinski definition) is 2. The predicted octanol–water partition coefficient (Wildman–Crippen LogP) is 5.29. The number of anilines is 1. The standard InChI is InChI=1S/C20H22ClFN2O.ClH/c21-16-4-2-15(3-5-16)18-13-17(22)6-7-19(18)24-20(25)8-1-14-9-11-23-12-10-14;/h2-7,13-14,23H,1,8-12H2,(H,24,25);1H. The van der Waals surface area contributed by atoms with Crippen LogP contribution in [0.1, 0.15) is 25.7 Å². The van der Waals surface area contributed by atoms with Gasteiger partial charge in [-0.05, 0) is 74.2 Å². The molecule has 1 aliphatic heterocycles. The molecule has 0 spiro atoms. The molecule has 2 aromatic rings. The van der Waals surface area contributed by atoms with Crippen LogP contribution in [-0.2, 0) is 4.79 Å². The molecule has 140 valence electrons. The number of carbonyl (C=O) groups is 1. The number of nitrogens with one attached hydrogen (secondary N) is 2. The van der Waals surface area contributed by atoms with Crippen LogP contribution in [0.2, 0.25) is 5.02 Å². The average Bonchev–Trinajstić information content (AvgIpc) is 2.63. The zero-order valence-electron chi connectivity index (χ0n) is 14.4. The summed E-state index contributed by atoms with van der Waals surface area (Å²) in [5, 5.41) is 6.89. The molecule has 1 amide bonds. The Kier molecular flexibility index (Phi) is 7.88. The number of amides is 1. The lowest BCUT2D eigenvalue weighted by Crippen LogP contribution is -2.28. The van der Waals surface area contributed by atoms with Crippen molar-refractivity contribution in [3.8, 4) is 11.1 Å². The van der Waals surface area contributed by atoms with Gasteiger partial charge >= 0.3 is 0 Å². The van der Waals surface area contributed by atoms with Gasteiger partial charge in [-0.15, -0.1) is 12.4 Å². The molecule has 1 aliphatic rings. The summed E-state index contributed by atoms with van der Waals surface area (Å²) < 4.78 is 13.7. The third kappa shape index (κ3) is 5.70. The first-order chi connectivity index (χ1) is 12.1. The number of hydrogen-bond acceptors (Lipinski definition) is 2. The van der Waals surface area contributed by atoms with E-state index < -0.39 is 0 Å². The molecule has 0 aromatic heterocycles. The van der Waals surface area contributed by atoms with Gasteiger partial charge in [0.25, 0.3) is 0 Å². The Bertz CT molecular complexity index is 731. The van der Waals surface area contributed by atoms with Gasteiger partial charge in [-0.1, -0.05) is 23.7 Å². The van der Waals surface area contributed by atoms with Crippen molar-refractivity contribution < 1.29 is 9.18 Å². The summed E-state index contributed by atoms with van der Waals surface area (Å²) >= 11 is 5.92. The van der Waals surface area contributed by atoms with Gasteiger partial charge in [0.2, 0.25) is 5.91 Å². The summed E-state index contributed by atoms with van der Waals surface area (Å²) in [5.41, 5.74) is 2.10. The molecule has 6 heteroatoms. The minimum Gasteiger partial charge on any atom is -0.326 e. The molecule has 1 heterocycles. The van der Waals surface area contributed by atoms with E-state index in [0.717, 1.165) is 37.9 Å². The second kappa shape index (κ2) is 9.91. The molecule has 0 bridgehead atoms. The molecular formula is C20H23Cl2FN2O. The monoisotopic (exact) mass is 396 g/mol. The van der Waals surface area contributed by atoms with E-state index in [0.29, 0.717) is 28.6 Å². The fourth-order valence-electron chi connectivity index (χ4n) is 3.21. The van der Waals surface area contributed by atoms with Crippen LogP contribution in [0, 0.1) is 11.7 Å². The first kappa shape index (κ1) is 20.7. The first-order valence-corrected chi connectivity index (χ1v) is 9.05. The Morgan fingerprint density at radius 3 is 2.54 bits per heavy atom. The van der Waals surface area contributed by atoms with Crippen LogP contribution >= 0.6 is 24.0 Å². The third-order valence-corrected chi connectivity index (χ3v) is 4.90. The molecular weight excluding hydrogens is 374 g/mol. The van der Waals surface area contributed by atoms with Gasteiger partial charge in [0.15, 0.2) is 0 Å². The average molecular weight is 397 g/mol. The van der Waals surface area contributed by atoms with Crippen molar-refractivity contribution in [2.24, 2.45) is 5.92 Å². The van der Waals surface area contributed by atoms with Crippen molar-refractivity contribution in [1.29, 1.82) is 0 Å². The number of rotatable bonds is 5. The summed E-state index contributed by atoms with van der Waals surface area (Å²) in [4.78, 5) is 12.3. The normalized spacial score (nSPS) is 14.5. The van der Waals surface area contributed by atoms with Gasteiger partial charge in [-0.2, -0.15) is 0 Å². The fourth-order valence-corrected chi connectivity index (χ4v) is 3.34. The topological polar surface area (TPSA) is 41.1 Å². The zero-order valence-corrected chi connectivity index (χ0v) is 16.0. The van der Waals surface area contributed by atoms with Gasteiger partial charge in [-0.25, -0.2) is 4.39 Å². The quantitative estimate of drug-likeness (QED) is 0.720. The van der Waals surface area contributed by atoms with E-state index in [1.54, 1.807) is 18.2 Å². The molecule has 3 nitrogen and oxygen atoms in total. The molecule has 1 fully saturated rings. The van der Waals surface area contributed by atoms with E-state index in [-0.39, 0.29) is 24.1 Å². The van der Waals surface area contributed by atoms with Crippen LogP contribution in [-0.4, -0.2) is 19.0 Å². The highest BCUT2D eigenvalue weighted by Crippen LogP contribution is 2.30. The predicted molar refractivity (Wildman–Crippen MR) is 108 cm³/mol. The lowest BCUT2D eigenvalue weighted by molar-refractivity contribution is -0.116. The maximum atomic E-state index is 13.7. The molecule has 0 aliphatic carbocycles. The minimum absolute atomic E-state index is 0. The fraction of sp³-hybridized carbons (Fsp3) is 0.350. The minimum atomic E-state index is -0.336. The highest BCUT2D eigenvalue weighted by atomic mass is 35.5. The van der Waals surface area contributed by atoms with Gasteiger partial charge in [0, 0.05) is 22.7 Å². The Morgan fingerprint density at radius 1 is 1.15 bits per heavy atom. The van der Waals surface area contributed by atoms with Crippen LogP contribution in [0.5, 0.6) is 0 Å². The molecule has 0 atom stereocenters. The van der Waals surface area contributed by atoms with E-state index in [2.05, 4.69) is 10.6 Å². The number of benzene rings is 2. The van der Waals surface area contributed by atoms with Crippen molar-refractivity contribution in [1.82, 2.24) is 5.32 Å². The van der Waals surface area contributed by atoms with Crippen LogP contribution in [0.25, 0.3) is 11.1 Å². The van der Waals surface area contributed by atoms with E-state index >= 15 is 0 Å². The molecule has 2 N–H and O–H groups in total. The van der Waals surface area contributed by atoms with Gasteiger partial charge in [-0.3, -0.25) is 4.79 Å². The lowest BCUT2D eigenvalue weighted by atomic mass is 9.93. The molecule has 0 radical (unpaired) electrons. The maximum absolute atomic E-state index is 13.7. The van der Waals surface area contributed by atoms with Crippen molar-refractivity contribution in [3.05, 3.63) is 53.3 Å². The van der Waals surface area contributed by atoms with Crippen LogP contribution in [0.15, 0.2) is 42.5 Å². The van der Waals surface area contributed by atoms with Gasteiger partial charge < -0.3 is 10.6 Å². The Morgan fingerprint density at radius 2 is 1.85 bits per heavy atom. The molecule has 0 unspecified atom stereocenters. The van der Waals surface area contributed by atoms with Crippen molar-refractivity contribution in [2.45, 2.75) is 25.7 Å². The maximum Gasteiger partial charge on any atom is 0.224 e. The summed E-state index contributed by atoms with van der Waals surface area (Å²) in [6.45, 7) is 2.07. The smallest absolute Gasteiger partial charge is 0.224 e. The Balaban J connectivity index is 0.00000243. The van der Waals surface area contributed by atoms with Gasteiger partial charge in [0.05, 0.1) is 0 Å². The third-order valence-electron chi connectivity index (χ3n) is 4.65. The van der Waals surface area contributed by atoms with Gasteiger partial charge in [0.1, 0.15) is 5.82 Å². The summed E-state index contributed by atoms with van der Waals surface area (Å²) in [5.74, 6) is 0.244. The molecule has 0 saturated carbocycles. The van der Waals surface area contributed by atoms with Crippen LogP contribution in [0.4, 0.5) is 10.1 Å². The molecule has 2 aromatic carbocycles. The molecule has 26 heavy (non-hydrogen) atoms. The molecule has 3 rings (SSSR count). The van der Waals surface area contributed by atoms with Crippen molar-refractivity contribution in [3.63, 3.8) is 0 Å². The second-order valence-corrected chi connectivity index (χ2v) is 6.91. The highest BCUT2D eigenvalue weighted by Gasteiger charge is 2.15. The van der Waals surface area contributed by atoms with Crippen molar-refractivity contribution >= 4 is 35.6 Å². The number of halogens is 3. The number of piperidine rings is 1. The largest absolute Gasteiger partial charge is 0.326 e. The van der Waals surface area contributed by atoms with Crippen LogP contribution in [0.3, 0.4) is 0 Å². The first-order valence-electron chi connectivity index (χ1n) is 8.68. The van der Waals surface area contributed by atoms with E-state index in [9.17, 15) is 9.18 Å². The van der Waals surface area contributed by atoms with Crippen LogP contribution < -0.4 is 10.6 Å². The Hall–Kier alpha value is -1.62.